The number of nitrogens with zero attached hydrogens (tertiary/aromatic N) is 4. The Kier molecular flexibility index (Phi) is 6.51. The Labute approximate surface area is 218 Å². The second-order valence-electron chi connectivity index (χ2n) is 8.72. The number of hydrogen-bond acceptors (Lipinski definition) is 6. The number of anilines is 1. The monoisotopic (exact) mass is 517 g/mol. The van der Waals surface area contributed by atoms with Gasteiger partial charge in [-0.1, -0.05) is 23.7 Å². The zero-order valence-corrected chi connectivity index (χ0v) is 21.0. The van der Waals surface area contributed by atoms with E-state index in [2.05, 4.69) is 16.3 Å². The summed E-state index contributed by atoms with van der Waals surface area (Å²) in [5.41, 5.74) is 5.51. The van der Waals surface area contributed by atoms with Crippen molar-refractivity contribution in [3.8, 4) is 40.0 Å². The van der Waals surface area contributed by atoms with Gasteiger partial charge in [-0.2, -0.15) is 5.26 Å². The number of halogens is 1. The van der Waals surface area contributed by atoms with Crippen LogP contribution >= 0.6 is 11.6 Å². The van der Waals surface area contributed by atoms with Crippen LogP contribution in [0.3, 0.4) is 0 Å². The molecule has 188 valence electrons. The maximum atomic E-state index is 11.2. The zero-order valence-electron chi connectivity index (χ0n) is 20.2. The first kappa shape index (κ1) is 24.3. The predicted octanol–water partition coefficient (Wildman–Crippen LogP) is 5.06. The second kappa shape index (κ2) is 9.91. The minimum absolute atomic E-state index is 0.163. The summed E-state index contributed by atoms with van der Waals surface area (Å²) < 4.78 is 12.8. The van der Waals surface area contributed by atoms with E-state index >= 15 is 0 Å². The van der Waals surface area contributed by atoms with Gasteiger partial charge >= 0.3 is 6.09 Å². The van der Waals surface area contributed by atoms with E-state index in [-0.39, 0.29) is 6.04 Å². The Balaban J connectivity index is 1.63. The third-order valence-electron chi connectivity index (χ3n) is 6.50. The van der Waals surface area contributed by atoms with Crippen LogP contribution in [0.15, 0.2) is 54.9 Å². The summed E-state index contributed by atoms with van der Waals surface area (Å²) in [6.07, 6.45) is 3.58. The molecule has 0 saturated carbocycles. The summed E-state index contributed by atoms with van der Waals surface area (Å²) in [5, 5.41) is 21.4. The smallest absolute Gasteiger partial charge is 0.404 e. The highest BCUT2D eigenvalue weighted by atomic mass is 35.5. The van der Waals surface area contributed by atoms with E-state index in [1.54, 1.807) is 38.5 Å². The van der Waals surface area contributed by atoms with E-state index in [1.165, 1.54) is 0 Å². The van der Waals surface area contributed by atoms with Crippen molar-refractivity contribution in [3.05, 3.63) is 65.4 Å². The normalized spacial score (nSPS) is 15.0. The number of carbonyl (C=O) groups is 1. The molecule has 37 heavy (non-hydrogen) atoms. The van der Waals surface area contributed by atoms with Crippen LogP contribution in [0.25, 0.3) is 28.0 Å². The van der Waals surface area contributed by atoms with Crippen molar-refractivity contribution in [2.45, 2.75) is 12.5 Å². The highest BCUT2D eigenvalue weighted by Gasteiger charge is 2.27. The van der Waals surface area contributed by atoms with E-state index in [1.807, 2.05) is 35.0 Å². The van der Waals surface area contributed by atoms with Gasteiger partial charge in [0.15, 0.2) is 0 Å². The molecule has 1 amide bonds. The van der Waals surface area contributed by atoms with Crippen molar-refractivity contribution in [2.24, 2.45) is 0 Å². The molecular formula is C27H24ClN5O4. The van der Waals surface area contributed by atoms with Gasteiger partial charge in [0, 0.05) is 54.4 Å². The number of nitriles is 1. The molecule has 1 saturated heterocycles. The lowest BCUT2D eigenvalue weighted by molar-refractivity contribution is 0.191. The lowest BCUT2D eigenvalue weighted by Gasteiger charge is -2.22. The first-order chi connectivity index (χ1) is 17.9. The van der Waals surface area contributed by atoms with Crippen molar-refractivity contribution in [3.63, 3.8) is 0 Å². The van der Waals surface area contributed by atoms with Crippen LogP contribution < -0.4 is 19.7 Å². The van der Waals surface area contributed by atoms with E-state index in [9.17, 15) is 10.1 Å². The Morgan fingerprint density at radius 2 is 1.89 bits per heavy atom. The van der Waals surface area contributed by atoms with Crippen molar-refractivity contribution >= 4 is 29.0 Å². The van der Waals surface area contributed by atoms with E-state index in [0.717, 1.165) is 22.4 Å². The van der Waals surface area contributed by atoms with Gasteiger partial charge in [-0.05, 0) is 30.2 Å². The van der Waals surface area contributed by atoms with Gasteiger partial charge in [0.25, 0.3) is 0 Å². The molecular weight excluding hydrogens is 494 g/mol. The first-order valence-electron chi connectivity index (χ1n) is 11.6. The fourth-order valence-corrected chi connectivity index (χ4v) is 4.93. The minimum atomic E-state index is -1.03. The quantitative estimate of drug-likeness (QED) is 0.367. The molecule has 5 rings (SSSR count). The van der Waals surface area contributed by atoms with Gasteiger partial charge in [-0.25, -0.2) is 9.78 Å². The van der Waals surface area contributed by atoms with Crippen LogP contribution in [0.1, 0.15) is 12.0 Å². The van der Waals surface area contributed by atoms with E-state index < -0.39 is 6.09 Å². The Bertz CT molecular complexity index is 1530. The number of imidazole rings is 1. The maximum absolute atomic E-state index is 11.2. The standard InChI is InChI=1S/C27H24ClN5O4/c1-36-24-11-25(37-2)21(28)9-19(24)22-15-33-14-20(17-5-3-16(12-29)4-6-17)23(10-26(33)31-22)32-8-7-18(13-32)30-27(34)35/h3-6,9-11,14-15,18,30H,7-8,13H2,1-2H3,(H,34,35). The summed E-state index contributed by atoms with van der Waals surface area (Å²) >= 11 is 6.41. The van der Waals surface area contributed by atoms with Crippen molar-refractivity contribution in [2.75, 3.05) is 32.2 Å². The third kappa shape index (κ3) is 4.71. The van der Waals surface area contributed by atoms with Gasteiger partial charge in [-0.15, -0.1) is 0 Å². The average Bonchev–Trinajstić information content (AvgIpc) is 3.54. The molecule has 3 heterocycles. The fraction of sp³-hybridized carbons (Fsp3) is 0.222. The topological polar surface area (TPSA) is 112 Å². The lowest BCUT2D eigenvalue weighted by atomic mass is 10.0. The van der Waals surface area contributed by atoms with Crippen molar-refractivity contribution in [1.29, 1.82) is 5.26 Å². The highest BCUT2D eigenvalue weighted by Crippen LogP contribution is 2.39. The molecule has 1 fully saturated rings. The molecule has 0 radical (unpaired) electrons. The number of ether oxygens (including phenoxy) is 2. The van der Waals surface area contributed by atoms with Gasteiger partial charge in [0.2, 0.25) is 0 Å². The predicted molar refractivity (Wildman–Crippen MR) is 141 cm³/mol. The first-order valence-corrected chi connectivity index (χ1v) is 12.0. The summed E-state index contributed by atoms with van der Waals surface area (Å²) in [4.78, 5) is 18.2. The Morgan fingerprint density at radius 3 is 2.57 bits per heavy atom. The Morgan fingerprint density at radius 1 is 1.14 bits per heavy atom. The molecule has 1 aliphatic rings. The maximum Gasteiger partial charge on any atom is 0.404 e. The molecule has 2 aromatic heterocycles. The van der Waals surface area contributed by atoms with E-state index in [0.29, 0.717) is 52.9 Å². The second-order valence-corrected chi connectivity index (χ2v) is 9.13. The molecule has 2 N–H and O–H groups in total. The van der Waals surface area contributed by atoms with Crippen molar-refractivity contribution < 1.29 is 19.4 Å². The number of benzene rings is 2. The number of nitrogens with one attached hydrogen (secondary N) is 1. The van der Waals surface area contributed by atoms with Gasteiger partial charge < -0.3 is 29.2 Å². The molecule has 0 aliphatic carbocycles. The highest BCUT2D eigenvalue weighted by molar-refractivity contribution is 6.32. The van der Waals surface area contributed by atoms with Crippen LogP contribution in [-0.2, 0) is 0 Å². The zero-order chi connectivity index (χ0) is 26.1. The number of carboxylic acid groups (broad SMARTS) is 1. The van der Waals surface area contributed by atoms with Crippen LogP contribution in [0, 0.1) is 11.3 Å². The summed E-state index contributed by atoms with van der Waals surface area (Å²) in [5.74, 6) is 1.09. The summed E-state index contributed by atoms with van der Waals surface area (Å²) in [6, 6.07) is 14.9. The van der Waals surface area contributed by atoms with Crippen molar-refractivity contribution in [1.82, 2.24) is 14.7 Å². The summed E-state index contributed by atoms with van der Waals surface area (Å²) in [7, 11) is 3.13. The molecule has 2 aromatic carbocycles. The van der Waals surface area contributed by atoms with Crippen LogP contribution in [0.4, 0.5) is 10.5 Å². The van der Waals surface area contributed by atoms with Crippen LogP contribution in [0.5, 0.6) is 11.5 Å². The molecule has 1 unspecified atom stereocenters. The number of rotatable bonds is 6. The molecule has 1 atom stereocenters. The van der Waals surface area contributed by atoms with Crippen LogP contribution in [0.2, 0.25) is 5.02 Å². The van der Waals surface area contributed by atoms with Gasteiger partial charge in [0.05, 0.1) is 42.6 Å². The molecule has 0 spiro atoms. The molecule has 9 nitrogen and oxygen atoms in total. The summed E-state index contributed by atoms with van der Waals surface area (Å²) in [6.45, 7) is 1.24. The largest absolute Gasteiger partial charge is 0.496 e. The molecule has 0 bridgehead atoms. The number of aromatic nitrogens is 2. The number of amides is 1. The van der Waals surface area contributed by atoms with Crippen LogP contribution in [-0.4, -0.2) is 53.9 Å². The number of fused-ring (bicyclic) bond motifs is 1. The van der Waals surface area contributed by atoms with Gasteiger partial charge in [0.1, 0.15) is 17.1 Å². The SMILES string of the molecule is COc1cc(OC)c(-c2cn3cc(-c4ccc(C#N)cc4)c(N4CCC(NC(=O)O)C4)cc3n2)cc1Cl. The number of hydrogen-bond donors (Lipinski definition) is 2. The lowest BCUT2D eigenvalue weighted by Crippen LogP contribution is -2.36. The number of pyridine rings is 1. The molecule has 1 aliphatic heterocycles. The molecule has 10 heteroatoms. The third-order valence-corrected chi connectivity index (χ3v) is 6.80. The number of methoxy groups -OCH3 is 2. The molecule has 4 aromatic rings. The minimum Gasteiger partial charge on any atom is -0.496 e. The van der Waals surface area contributed by atoms with E-state index in [4.69, 9.17) is 31.2 Å². The average molecular weight is 518 g/mol. The van der Waals surface area contributed by atoms with Gasteiger partial charge in [-0.3, -0.25) is 0 Å². The fourth-order valence-electron chi connectivity index (χ4n) is 4.69. The Hall–Kier alpha value is -4.42.